The van der Waals surface area contributed by atoms with Crippen molar-refractivity contribution in [2.24, 2.45) is 0 Å². The fourth-order valence-electron chi connectivity index (χ4n) is 5.12. The van der Waals surface area contributed by atoms with Gasteiger partial charge >= 0.3 is 0 Å². The van der Waals surface area contributed by atoms with E-state index < -0.39 is 0 Å². The van der Waals surface area contributed by atoms with Gasteiger partial charge in [-0.2, -0.15) is 0 Å². The lowest BCUT2D eigenvalue weighted by molar-refractivity contribution is -0.117. The molecule has 3 N–H and O–H groups in total. The molecular weight excluding hydrogens is 506 g/mol. The summed E-state index contributed by atoms with van der Waals surface area (Å²) in [6.45, 7) is 7.98. The highest BCUT2D eigenvalue weighted by Crippen LogP contribution is 2.31. The third-order valence-corrected chi connectivity index (χ3v) is 7.24. The van der Waals surface area contributed by atoms with Crippen LogP contribution in [0.2, 0.25) is 0 Å². The van der Waals surface area contributed by atoms with Crippen LogP contribution < -0.4 is 20.4 Å². The first-order valence-corrected chi connectivity index (χ1v) is 13.4. The lowest BCUT2D eigenvalue weighted by Crippen LogP contribution is -2.59. The van der Waals surface area contributed by atoms with Crippen LogP contribution in [0.1, 0.15) is 5.69 Å². The Morgan fingerprint density at radius 3 is 2.58 bits per heavy atom. The molecule has 0 bridgehead atoms. The summed E-state index contributed by atoms with van der Waals surface area (Å²) in [6, 6.07) is 15.8. The highest BCUT2D eigenvalue weighted by molar-refractivity contribution is 5.95. The molecule has 2 saturated heterocycles. The molecule has 6 rings (SSSR count). The van der Waals surface area contributed by atoms with Crippen molar-refractivity contribution in [3.63, 3.8) is 0 Å². The second kappa shape index (κ2) is 11.2. The van der Waals surface area contributed by atoms with Crippen LogP contribution in [0.3, 0.4) is 0 Å². The summed E-state index contributed by atoms with van der Waals surface area (Å²) in [4.78, 5) is 41.1. The number of aromatic amines is 1. The fraction of sp³-hybridized carbons (Fsp3) is 0.267. The molecule has 0 atom stereocenters. The number of rotatable bonds is 8. The molecule has 0 saturated carbocycles. The number of H-pyrrole nitrogens is 1. The predicted molar refractivity (Wildman–Crippen MR) is 155 cm³/mol. The van der Waals surface area contributed by atoms with Crippen LogP contribution in [0.25, 0.3) is 22.2 Å². The van der Waals surface area contributed by atoms with E-state index in [2.05, 4.69) is 48.0 Å². The molecule has 0 radical (unpaired) electrons. The van der Waals surface area contributed by atoms with Gasteiger partial charge in [0, 0.05) is 61.0 Å². The van der Waals surface area contributed by atoms with Gasteiger partial charge in [-0.25, -0.2) is 4.98 Å². The van der Waals surface area contributed by atoms with Crippen molar-refractivity contribution in [1.82, 2.24) is 20.3 Å². The Hall–Kier alpha value is -4.70. The largest absolute Gasteiger partial charge is 0.378 e. The van der Waals surface area contributed by atoms with E-state index in [9.17, 15) is 9.59 Å². The molecule has 2 amide bonds. The number of morpholine rings is 1. The van der Waals surface area contributed by atoms with Gasteiger partial charge in [-0.1, -0.05) is 18.7 Å². The van der Waals surface area contributed by atoms with Crippen molar-refractivity contribution in [3.05, 3.63) is 79.3 Å². The van der Waals surface area contributed by atoms with E-state index >= 15 is 0 Å². The fourth-order valence-corrected chi connectivity index (χ4v) is 5.12. The maximum absolute atomic E-state index is 12.8. The van der Waals surface area contributed by atoms with Gasteiger partial charge in [-0.3, -0.25) is 14.6 Å². The summed E-state index contributed by atoms with van der Waals surface area (Å²) >= 11 is 0. The van der Waals surface area contributed by atoms with Crippen LogP contribution in [-0.2, 0) is 20.7 Å². The number of hydrogen-bond donors (Lipinski definition) is 3. The standard InChI is InChI=1S/C30H31N7O3/c1-2-28(38)34-23-18-37(19-23)24-7-9-31-22(15-24)16-29(39)33-21-5-3-20(4-6-21)27-17-25-26(35-27)8-10-32-30(25)36-11-13-40-14-12-36/h2-10,15,17,23,35H,1,11-14,16,18-19H2,(H,33,39)(H,34,38). The minimum absolute atomic E-state index is 0.0984. The summed E-state index contributed by atoms with van der Waals surface area (Å²) in [5.41, 5.74) is 5.45. The number of hydrogen-bond acceptors (Lipinski definition) is 7. The van der Waals surface area contributed by atoms with Gasteiger partial charge in [0.05, 0.1) is 36.9 Å². The highest BCUT2D eigenvalue weighted by Gasteiger charge is 2.28. The van der Waals surface area contributed by atoms with Crippen LogP contribution in [0.5, 0.6) is 0 Å². The molecule has 0 aliphatic carbocycles. The number of nitrogens with one attached hydrogen (secondary N) is 3. The summed E-state index contributed by atoms with van der Waals surface area (Å²) < 4.78 is 5.49. The first-order chi connectivity index (χ1) is 19.6. The number of aromatic nitrogens is 3. The Morgan fingerprint density at radius 2 is 1.80 bits per heavy atom. The molecule has 2 fully saturated rings. The Kier molecular flexibility index (Phi) is 7.15. The van der Waals surface area contributed by atoms with Crippen LogP contribution >= 0.6 is 0 Å². The zero-order valence-corrected chi connectivity index (χ0v) is 22.1. The first kappa shape index (κ1) is 25.6. The number of nitrogens with zero attached hydrogens (tertiary/aromatic N) is 4. The van der Waals surface area contributed by atoms with E-state index in [0.717, 1.165) is 52.4 Å². The van der Waals surface area contributed by atoms with Crippen molar-refractivity contribution >= 4 is 39.9 Å². The normalized spacial score (nSPS) is 15.5. The number of carbonyl (C=O) groups is 2. The smallest absolute Gasteiger partial charge is 0.243 e. The summed E-state index contributed by atoms with van der Waals surface area (Å²) in [6.07, 6.45) is 4.99. The molecule has 0 spiro atoms. The topological polar surface area (TPSA) is 115 Å². The minimum Gasteiger partial charge on any atom is -0.378 e. The third kappa shape index (κ3) is 5.52. The number of ether oxygens (including phenoxy) is 1. The van der Waals surface area contributed by atoms with Gasteiger partial charge in [0.15, 0.2) is 0 Å². The van der Waals surface area contributed by atoms with Crippen molar-refractivity contribution in [3.8, 4) is 11.3 Å². The lowest BCUT2D eigenvalue weighted by atomic mass is 10.1. The van der Waals surface area contributed by atoms with E-state index in [1.165, 1.54) is 6.08 Å². The van der Waals surface area contributed by atoms with Crippen LogP contribution in [0.15, 0.2) is 73.6 Å². The summed E-state index contributed by atoms with van der Waals surface area (Å²) in [5, 5.41) is 6.94. The molecule has 204 valence electrons. The van der Waals surface area contributed by atoms with Crippen LogP contribution in [0, 0.1) is 0 Å². The number of carbonyl (C=O) groups excluding carboxylic acids is 2. The van der Waals surface area contributed by atoms with Gasteiger partial charge in [0.25, 0.3) is 0 Å². The predicted octanol–water partition coefficient (Wildman–Crippen LogP) is 3.13. The van der Waals surface area contributed by atoms with Crippen molar-refractivity contribution in [2.75, 3.05) is 54.5 Å². The van der Waals surface area contributed by atoms with Crippen molar-refractivity contribution in [2.45, 2.75) is 12.5 Å². The number of amides is 2. The number of anilines is 3. The summed E-state index contributed by atoms with van der Waals surface area (Å²) in [5.74, 6) is 0.670. The van der Waals surface area contributed by atoms with Crippen molar-refractivity contribution < 1.29 is 14.3 Å². The molecule has 2 aliphatic heterocycles. The van der Waals surface area contributed by atoms with E-state index in [1.54, 1.807) is 6.20 Å². The molecule has 2 aliphatic rings. The second-order valence-corrected chi connectivity index (χ2v) is 10.0. The molecule has 0 unspecified atom stereocenters. The van der Waals surface area contributed by atoms with E-state index in [4.69, 9.17) is 4.74 Å². The van der Waals surface area contributed by atoms with Crippen LogP contribution in [-0.4, -0.2) is 72.2 Å². The average molecular weight is 538 g/mol. The van der Waals surface area contributed by atoms with Gasteiger partial charge in [-0.05, 0) is 48.0 Å². The maximum atomic E-state index is 12.8. The SMILES string of the molecule is C=CC(=O)NC1CN(c2ccnc(CC(=O)Nc3ccc(-c4cc5c(N6CCOCC6)nccc5[nH]4)cc3)c2)C1. The molecule has 40 heavy (non-hydrogen) atoms. The zero-order chi connectivity index (χ0) is 27.5. The molecule has 1 aromatic carbocycles. The third-order valence-electron chi connectivity index (χ3n) is 7.24. The lowest BCUT2D eigenvalue weighted by Gasteiger charge is -2.41. The molecule has 3 aromatic heterocycles. The Morgan fingerprint density at radius 1 is 1.02 bits per heavy atom. The van der Waals surface area contributed by atoms with E-state index in [1.807, 2.05) is 48.7 Å². The van der Waals surface area contributed by atoms with Crippen LogP contribution in [0.4, 0.5) is 17.2 Å². The molecular formula is C30H31N7O3. The average Bonchev–Trinajstić information content (AvgIpc) is 3.40. The second-order valence-electron chi connectivity index (χ2n) is 10.0. The first-order valence-electron chi connectivity index (χ1n) is 13.4. The molecule has 10 heteroatoms. The van der Waals surface area contributed by atoms with Gasteiger partial charge in [-0.15, -0.1) is 0 Å². The number of pyridine rings is 2. The van der Waals surface area contributed by atoms with E-state index in [0.29, 0.717) is 32.0 Å². The summed E-state index contributed by atoms with van der Waals surface area (Å²) in [7, 11) is 0. The monoisotopic (exact) mass is 537 g/mol. The zero-order valence-electron chi connectivity index (χ0n) is 22.1. The Bertz CT molecular complexity index is 1540. The quantitative estimate of drug-likeness (QED) is 0.296. The minimum atomic E-state index is -0.165. The molecule has 5 heterocycles. The van der Waals surface area contributed by atoms with Gasteiger partial charge in [0.1, 0.15) is 5.82 Å². The number of benzene rings is 1. The highest BCUT2D eigenvalue weighted by atomic mass is 16.5. The maximum Gasteiger partial charge on any atom is 0.243 e. The van der Waals surface area contributed by atoms with Gasteiger partial charge in [0.2, 0.25) is 11.8 Å². The Labute approximate surface area is 232 Å². The molecule has 4 aromatic rings. The number of fused-ring (bicyclic) bond motifs is 1. The van der Waals surface area contributed by atoms with Crippen molar-refractivity contribution in [1.29, 1.82) is 0 Å². The molecule has 10 nitrogen and oxygen atoms in total. The van der Waals surface area contributed by atoms with Gasteiger partial charge < -0.3 is 30.2 Å². The Balaban J connectivity index is 1.07. The van der Waals surface area contributed by atoms with E-state index in [-0.39, 0.29) is 24.3 Å².